The molecule has 6 rings (SSSR count). The molecule has 1 aromatic heterocycles. The maximum absolute atomic E-state index is 13.6. The molecule has 2 N–H and O–H groups in total. The van der Waals surface area contributed by atoms with Crippen LogP contribution < -0.4 is 14.2 Å². The molecule has 0 radical (unpaired) electrons. The Bertz CT molecular complexity index is 1620. The Labute approximate surface area is 275 Å². The lowest BCUT2D eigenvalue weighted by Crippen LogP contribution is -2.58. The second-order valence-electron chi connectivity index (χ2n) is 13.2. The largest absolute Gasteiger partial charge is 0.493 e. The van der Waals surface area contributed by atoms with Gasteiger partial charge in [-0.15, -0.1) is 0 Å². The zero-order valence-electron chi connectivity index (χ0n) is 28.0. The van der Waals surface area contributed by atoms with E-state index in [1.54, 1.807) is 12.1 Å². The smallest absolute Gasteiger partial charge is 0.338 e. The van der Waals surface area contributed by atoms with Crippen molar-refractivity contribution in [2.75, 3.05) is 48.1 Å². The standard InChI is InChI=1S/C36H46N2O9/c1-19(2)38-26-11-20(17-39)7-8-23(26)24-9-10-37-16-22-14-31(35(46-6)32(28(41)18-40)25(22)15-27(37)33(24)38)47-36(42)21-12-29(43-3)34(45-5)30(13-21)44-4/h7-8,11-13,19,22,25,27,31-32,35,39-40H,9-10,14-18H2,1-6H3/t22-,25+,27-,31-,32-,35+/m1/s1. The van der Waals surface area contributed by atoms with Crippen LogP contribution in [0.4, 0.5) is 0 Å². The minimum absolute atomic E-state index is 0.0160. The first-order valence-corrected chi connectivity index (χ1v) is 16.4. The number of nitrogens with zero attached hydrogens (tertiary/aromatic N) is 2. The number of hydrogen-bond acceptors (Lipinski definition) is 10. The number of piperidine rings is 1. The van der Waals surface area contributed by atoms with Crippen molar-refractivity contribution in [2.24, 2.45) is 17.8 Å². The Morgan fingerprint density at radius 2 is 1.70 bits per heavy atom. The molecule has 11 nitrogen and oxygen atoms in total. The minimum atomic E-state index is -0.723. The molecule has 0 spiro atoms. The van der Waals surface area contributed by atoms with Gasteiger partial charge in [0, 0.05) is 42.8 Å². The Morgan fingerprint density at radius 1 is 0.979 bits per heavy atom. The number of ketones is 1. The van der Waals surface area contributed by atoms with E-state index in [1.165, 1.54) is 45.1 Å². The predicted molar refractivity (Wildman–Crippen MR) is 174 cm³/mol. The number of fused-ring (bicyclic) bond motifs is 6. The van der Waals surface area contributed by atoms with Crippen LogP contribution in [0.15, 0.2) is 30.3 Å². The SMILES string of the molecule is COc1cc(C(=O)O[C@@H]2C[C@@H]3CN4CCc5c(n(C(C)C)c6cc(CO)ccc56)[C@H]4C[C@@H]3[C@H](C(=O)CO)[C@H]2OC)cc(OC)c1OC. The van der Waals surface area contributed by atoms with E-state index in [0.29, 0.717) is 23.7 Å². The summed E-state index contributed by atoms with van der Waals surface area (Å²) in [6.45, 7) is 5.35. The fourth-order valence-corrected chi connectivity index (χ4v) is 8.62. The summed E-state index contributed by atoms with van der Waals surface area (Å²) in [5.41, 5.74) is 4.83. The van der Waals surface area contributed by atoms with Crippen LogP contribution >= 0.6 is 0 Å². The number of aliphatic hydroxyl groups excluding tert-OH is 2. The number of Topliss-reactive ketones (excluding diaryl/α,β-unsaturated/α-hetero) is 1. The van der Waals surface area contributed by atoms with Gasteiger partial charge in [-0.1, -0.05) is 12.1 Å². The van der Waals surface area contributed by atoms with E-state index >= 15 is 0 Å². The Balaban J connectivity index is 1.34. The van der Waals surface area contributed by atoms with E-state index in [-0.39, 0.29) is 41.9 Å². The first-order chi connectivity index (χ1) is 22.7. The Morgan fingerprint density at radius 3 is 2.30 bits per heavy atom. The normalized spacial score (nSPS) is 25.6. The monoisotopic (exact) mass is 650 g/mol. The second kappa shape index (κ2) is 13.5. The molecule has 47 heavy (non-hydrogen) atoms. The van der Waals surface area contributed by atoms with Crippen molar-refractivity contribution in [2.45, 2.75) is 64.0 Å². The van der Waals surface area contributed by atoms with Gasteiger partial charge >= 0.3 is 5.97 Å². The third kappa shape index (κ3) is 5.67. The van der Waals surface area contributed by atoms with Crippen LogP contribution in [-0.2, 0) is 27.3 Å². The zero-order valence-corrected chi connectivity index (χ0v) is 28.0. The molecular formula is C36H46N2O9. The van der Waals surface area contributed by atoms with Crippen LogP contribution in [0, 0.1) is 17.8 Å². The lowest BCUT2D eigenvalue weighted by Gasteiger charge is -2.53. The van der Waals surface area contributed by atoms with E-state index in [1.807, 2.05) is 6.07 Å². The molecule has 0 bridgehead atoms. The maximum Gasteiger partial charge on any atom is 0.338 e. The van der Waals surface area contributed by atoms with E-state index in [9.17, 15) is 19.8 Å². The van der Waals surface area contributed by atoms with Gasteiger partial charge in [-0.2, -0.15) is 0 Å². The summed E-state index contributed by atoms with van der Waals surface area (Å²) in [6.07, 6.45) is 0.718. The van der Waals surface area contributed by atoms with E-state index in [2.05, 4.69) is 35.4 Å². The highest BCUT2D eigenvalue weighted by Crippen LogP contribution is 2.52. The van der Waals surface area contributed by atoms with Crippen molar-refractivity contribution in [1.82, 2.24) is 9.47 Å². The average Bonchev–Trinajstić information content (AvgIpc) is 3.43. The van der Waals surface area contributed by atoms with Crippen LogP contribution in [0.5, 0.6) is 17.2 Å². The van der Waals surface area contributed by atoms with Crippen molar-refractivity contribution < 1.29 is 43.5 Å². The molecule has 254 valence electrons. The van der Waals surface area contributed by atoms with Gasteiger partial charge < -0.3 is 38.5 Å². The van der Waals surface area contributed by atoms with Crippen molar-refractivity contribution in [3.63, 3.8) is 0 Å². The summed E-state index contributed by atoms with van der Waals surface area (Å²) in [6, 6.07) is 9.58. The van der Waals surface area contributed by atoms with Gasteiger partial charge in [0.05, 0.1) is 45.5 Å². The van der Waals surface area contributed by atoms with E-state index in [0.717, 1.165) is 37.0 Å². The first-order valence-electron chi connectivity index (χ1n) is 16.4. The molecular weight excluding hydrogens is 604 g/mol. The van der Waals surface area contributed by atoms with Gasteiger partial charge in [0.25, 0.3) is 0 Å². The highest BCUT2D eigenvalue weighted by molar-refractivity contribution is 5.91. The molecule has 3 aromatic rings. The predicted octanol–water partition coefficient (Wildman–Crippen LogP) is 4.10. The van der Waals surface area contributed by atoms with Crippen LogP contribution in [0.3, 0.4) is 0 Å². The fraction of sp³-hybridized carbons (Fsp3) is 0.556. The van der Waals surface area contributed by atoms with Crippen molar-refractivity contribution in [1.29, 1.82) is 0 Å². The Hall–Kier alpha value is -3.64. The molecule has 11 heteroatoms. The number of aliphatic hydroxyl groups is 2. The third-order valence-corrected chi connectivity index (χ3v) is 10.6. The topological polar surface area (TPSA) is 129 Å². The van der Waals surface area contributed by atoms with Crippen LogP contribution in [0.1, 0.15) is 66.0 Å². The van der Waals surface area contributed by atoms with E-state index in [4.69, 9.17) is 23.7 Å². The van der Waals surface area contributed by atoms with Crippen molar-refractivity contribution in [3.05, 3.63) is 52.7 Å². The van der Waals surface area contributed by atoms with Crippen LogP contribution in [0.2, 0.25) is 0 Å². The molecule has 0 unspecified atom stereocenters. The highest BCUT2D eigenvalue weighted by atomic mass is 16.6. The molecule has 2 aromatic carbocycles. The lowest BCUT2D eigenvalue weighted by molar-refractivity contribution is -0.160. The van der Waals surface area contributed by atoms with Crippen molar-refractivity contribution in [3.8, 4) is 17.2 Å². The van der Waals surface area contributed by atoms with Crippen LogP contribution in [-0.4, -0.2) is 91.8 Å². The number of carbonyl (C=O) groups is 2. The Kier molecular flexibility index (Phi) is 9.53. The van der Waals surface area contributed by atoms with Gasteiger partial charge in [0.15, 0.2) is 17.3 Å². The quantitative estimate of drug-likeness (QED) is 0.310. The highest BCUT2D eigenvalue weighted by Gasteiger charge is 2.54. The lowest BCUT2D eigenvalue weighted by atomic mass is 9.62. The number of methoxy groups -OCH3 is 4. The molecule has 0 amide bonds. The zero-order chi connectivity index (χ0) is 33.6. The van der Waals surface area contributed by atoms with Gasteiger partial charge in [0.1, 0.15) is 18.8 Å². The minimum Gasteiger partial charge on any atom is -0.493 e. The van der Waals surface area contributed by atoms with E-state index < -0.39 is 30.7 Å². The number of hydrogen-bond donors (Lipinski definition) is 2. The molecule has 1 saturated carbocycles. The third-order valence-electron chi connectivity index (χ3n) is 10.6. The van der Waals surface area contributed by atoms with Gasteiger partial charge in [0.2, 0.25) is 5.75 Å². The number of benzene rings is 2. The van der Waals surface area contributed by atoms with Gasteiger partial charge in [-0.3, -0.25) is 9.69 Å². The average molecular weight is 651 g/mol. The van der Waals surface area contributed by atoms with Gasteiger partial charge in [-0.25, -0.2) is 4.79 Å². The summed E-state index contributed by atoms with van der Waals surface area (Å²) < 4.78 is 30.8. The molecule has 2 aliphatic heterocycles. The molecule has 1 aliphatic carbocycles. The fourth-order valence-electron chi connectivity index (χ4n) is 8.62. The summed E-state index contributed by atoms with van der Waals surface area (Å²) >= 11 is 0. The molecule has 2 fully saturated rings. The van der Waals surface area contributed by atoms with Crippen molar-refractivity contribution >= 4 is 22.7 Å². The summed E-state index contributed by atoms with van der Waals surface area (Å²) in [5.74, 6) is -0.549. The molecule has 3 aliphatic rings. The molecule has 6 atom stereocenters. The number of carbonyl (C=O) groups excluding carboxylic acids is 2. The number of rotatable bonds is 10. The van der Waals surface area contributed by atoms with Gasteiger partial charge in [-0.05, 0) is 74.3 Å². The second-order valence-corrected chi connectivity index (χ2v) is 13.2. The summed E-state index contributed by atoms with van der Waals surface area (Å²) in [5, 5.41) is 21.3. The summed E-state index contributed by atoms with van der Waals surface area (Å²) in [7, 11) is 5.98. The number of ether oxygens (including phenoxy) is 5. The van der Waals surface area contributed by atoms with Crippen LogP contribution in [0.25, 0.3) is 10.9 Å². The maximum atomic E-state index is 13.6. The summed E-state index contributed by atoms with van der Waals surface area (Å²) in [4.78, 5) is 29.7. The first kappa shape index (κ1) is 33.3. The number of aromatic nitrogens is 1. The molecule has 3 heterocycles. The molecule has 1 saturated heterocycles. The number of esters is 1.